The van der Waals surface area contributed by atoms with Crippen LogP contribution in [0.5, 0.6) is 11.5 Å². The summed E-state index contributed by atoms with van der Waals surface area (Å²) in [6, 6.07) is 15.5. The van der Waals surface area contributed by atoms with E-state index in [1.807, 2.05) is 0 Å². The molecule has 3 aromatic carbocycles. The second-order valence-corrected chi connectivity index (χ2v) is 5.20. The molecule has 0 aliphatic rings. The van der Waals surface area contributed by atoms with Crippen molar-refractivity contribution in [1.29, 1.82) is 0 Å². The molecule has 0 bridgehead atoms. The quantitative estimate of drug-likeness (QED) is 0.561. The molecule has 0 heterocycles. The van der Waals surface area contributed by atoms with Crippen molar-refractivity contribution in [3.8, 4) is 11.5 Å². The average molecular weight is 334 g/mol. The third-order valence-corrected chi connectivity index (χ3v) is 3.75. The predicted octanol–water partition coefficient (Wildman–Crippen LogP) is 3.77. The lowest BCUT2D eigenvalue weighted by Gasteiger charge is -2.12. The Balaban J connectivity index is 2.10. The number of para-hydroxylation sites is 2. The topological polar surface area (TPSA) is 88.0 Å². The minimum atomic E-state index is -0.546. The monoisotopic (exact) mass is 334 g/mol. The first-order chi connectivity index (χ1) is 12.2. The van der Waals surface area contributed by atoms with E-state index in [1.165, 1.54) is 13.2 Å². The van der Waals surface area contributed by atoms with Gasteiger partial charge in [0, 0.05) is 5.39 Å². The molecule has 0 aliphatic heterocycles. The number of amides is 1. The van der Waals surface area contributed by atoms with Crippen LogP contribution in [0, 0.1) is 0 Å². The van der Waals surface area contributed by atoms with Crippen LogP contribution in [0.1, 0.15) is 10.4 Å². The highest BCUT2D eigenvalue weighted by Crippen LogP contribution is 2.38. The number of ether oxygens (including phenoxy) is 1. The largest absolute Gasteiger partial charge is 0.505 e. The molecule has 124 valence electrons. The van der Waals surface area contributed by atoms with Gasteiger partial charge in [-0.2, -0.15) is 4.99 Å². The summed E-state index contributed by atoms with van der Waals surface area (Å²) in [4.78, 5) is 26.9. The highest BCUT2D eigenvalue weighted by molar-refractivity contribution is 6.12. The van der Waals surface area contributed by atoms with Crippen LogP contribution in [-0.2, 0) is 4.79 Å². The minimum Gasteiger partial charge on any atom is -0.505 e. The lowest BCUT2D eigenvalue weighted by atomic mass is 10.0. The zero-order chi connectivity index (χ0) is 17.8. The van der Waals surface area contributed by atoms with Gasteiger partial charge in [-0.3, -0.25) is 4.79 Å². The molecule has 0 saturated carbocycles. The Morgan fingerprint density at radius 2 is 1.88 bits per heavy atom. The van der Waals surface area contributed by atoms with Gasteiger partial charge in [0.05, 0.1) is 18.4 Å². The number of fused-ring (bicyclic) bond motifs is 1. The molecule has 0 aromatic heterocycles. The van der Waals surface area contributed by atoms with Gasteiger partial charge in [-0.05, 0) is 23.6 Å². The Morgan fingerprint density at radius 1 is 1.16 bits per heavy atom. The number of phenols is 1. The fraction of sp³-hybridized carbons (Fsp3) is 0.0526. The van der Waals surface area contributed by atoms with Crippen LogP contribution >= 0.6 is 0 Å². The van der Waals surface area contributed by atoms with Gasteiger partial charge in [-0.1, -0.05) is 36.4 Å². The molecule has 2 N–H and O–H groups in total. The number of hydrogen-bond donors (Lipinski definition) is 2. The standard InChI is InChI=1S/C19H14N2O4/c1-25-16-9-5-4-8-15(16)21-19(24)14-10-12-6-2-3-7-13(12)17(18(14)23)20-11-22/h2-10,23H,1H3,(H,21,24). The Morgan fingerprint density at radius 3 is 2.64 bits per heavy atom. The predicted molar refractivity (Wildman–Crippen MR) is 94.3 cm³/mol. The number of methoxy groups -OCH3 is 1. The van der Waals surface area contributed by atoms with Crippen molar-refractivity contribution in [1.82, 2.24) is 0 Å². The molecular formula is C19H14N2O4. The Hall–Kier alpha value is -3.63. The van der Waals surface area contributed by atoms with Crippen molar-refractivity contribution < 1.29 is 19.4 Å². The number of carbonyl (C=O) groups excluding carboxylic acids is 2. The van der Waals surface area contributed by atoms with Crippen molar-refractivity contribution in [3.63, 3.8) is 0 Å². The molecule has 0 radical (unpaired) electrons. The molecule has 0 saturated heterocycles. The van der Waals surface area contributed by atoms with Crippen molar-refractivity contribution in [2.24, 2.45) is 4.99 Å². The highest BCUT2D eigenvalue weighted by Gasteiger charge is 2.19. The first kappa shape index (κ1) is 16.2. The molecule has 0 unspecified atom stereocenters. The summed E-state index contributed by atoms with van der Waals surface area (Å²) >= 11 is 0. The zero-order valence-corrected chi connectivity index (χ0v) is 13.3. The number of aromatic hydroxyl groups is 1. The van der Waals surface area contributed by atoms with Gasteiger partial charge >= 0.3 is 0 Å². The van der Waals surface area contributed by atoms with Gasteiger partial charge in [0.2, 0.25) is 6.08 Å². The number of isocyanates is 1. The van der Waals surface area contributed by atoms with Gasteiger partial charge in [-0.15, -0.1) is 0 Å². The molecule has 6 heteroatoms. The molecule has 0 aliphatic carbocycles. The van der Waals surface area contributed by atoms with E-state index >= 15 is 0 Å². The van der Waals surface area contributed by atoms with E-state index in [4.69, 9.17) is 4.74 Å². The van der Waals surface area contributed by atoms with E-state index in [0.717, 1.165) is 0 Å². The lowest BCUT2D eigenvalue weighted by molar-refractivity contribution is 0.102. The third kappa shape index (κ3) is 3.06. The number of hydrogen-bond acceptors (Lipinski definition) is 5. The fourth-order valence-corrected chi connectivity index (χ4v) is 2.59. The van der Waals surface area contributed by atoms with E-state index in [1.54, 1.807) is 54.6 Å². The number of nitrogens with one attached hydrogen (secondary N) is 1. The summed E-state index contributed by atoms with van der Waals surface area (Å²) in [6.45, 7) is 0. The smallest absolute Gasteiger partial charge is 0.259 e. The van der Waals surface area contributed by atoms with E-state index in [2.05, 4.69) is 10.3 Å². The molecule has 3 aromatic rings. The number of phenolic OH excluding ortho intramolecular Hbond substituents is 1. The first-order valence-electron chi connectivity index (χ1n) is 7.42. The second-order valence-electron chi connectivity index (χ2n) is 5.20. The third-order valence-electron chi connectivity index (χ3n) is 3.75. The number of rotatable bonds is 4. The molecule has 0 atom stereocenters. The van der Waals surface area contributed by atoms with Crippen LogP contribution in [-0.4, -0.2) is 24.2 Å². The van der Waals surface area contributed by atoms with Crippen molar-refractivity contribution in [2.75, 3.05) is 12.4 Å². The fourth-order valence-electron chi connectivity index (χ4n) is 2.59. The van der Waals surface area contributed by atoms with Crippen molar-refractivity contribution >= 4 is 34.1 Å². The van der Waals surface area contributed by atoms with Crippen molar-refractivity contribution in [2.45, 2.75) is 0 Å². The Bertz CT molecular complexity index is 1010. The van der Waals surface area contributed by atoms with Crippen LogP contribution in [0.4, 0.5) is 11.4 Å². The van der Waals surface area contributed by atoms with Gasteiger partial charge in [-0.25, -0.2) is 4.79 Å². The molecule has 3 rings (SSSR count). The summed E-state index contributed by atoms with van der Waals surface area (Å²) in [5.74, 6) is -0.438. The van der Waals surface area contributed by atoms with Crippen LogP contribution in [0.15, 0.2) is 59.6 Å². The number of benzene rings is 3. The van der Waals surface area contributed by atoms with Gasteiger partial charge in [0.15, 0.2) is 5.75 Å². The Labute approximate surface area is 143 Å². The van der Waals surface area contributed by atoms with Gasteiger partial charge in [0.1, 0.15) is 11.4 Å². The van der Waals surface area contributed by atoms with Gasteiger partial charge in [0.25, 0.3) is 5.91 Å². The van der Waals surface area contributed by atoms with Crippen LogP contribution in [0.2, 0.25) is 0 Å². The molecule has 0 fully saturated rings. The number of carbonyl (C=O) groups is 1. The summed E-state index contributed by atoms with van der Waals surface area (Å²) in [6.07, 6.45) is 1.41. The maximum atomic E-state index is 12.6. The van der Waals surface area contributed by atoms with E-state index < -0.39 is 5.91 Å². The minimum absolute atomic E-state index is 0.00129. The summed E-state index contributed by atoms with van der Waals surface area (Å²) in [7, 11) is 1.50. The maximum absolute atomic E-state index is 12.6. The summed E-state index contributed by atoms with van der Waals surface area (Å²) < 4.78 is 5.20. The molecule has 1 amide bonds. The molecular weight excluding hydrogens is 320 g/mol. The SMILES string of the molecule is COc1ccccc1NC(=O)c1cc2ccccc2c(N=C=O)c1O. The molecule has 6 nitrogen and oxygen atoms in total. The first-order valence-corrected chi connectivity index (χ1v) is 7.42. The Kier molecular flexibility index (Phi) is 4.46. The summed E-state index contributed by atoms with van der Waals surface area (Å²) in [5.41, 5.74) is 0.472. The van der Waals surface area contributed by atoms with Crippen LogP contribution < -0.4 is 10.1 Å². The zero-order valence-electron chi connectivity index (χ0n) is 13.3. The number of aliphatic imine (C=N–C) groups is 1. The average Bonchev–Trinajstić information content (AvgIpc) is 2.64. The lowest BCUT2D eigenvalue weighted by Crippen LogP contribution is -2.13. The summed E-state index contributed by atoms with van der Waals surface area (Å²) in [5, 5.41) is 14.3. The van der Waals surface area contributed by atoms with E-state index in [-0.39, 0.29) is 17.0 Å². The van der Waals surface area contributed by atoms with E-state index in [9.17, 15) is 14.7 Å². The van der Waals surface area contributed by atoms with Crippen LogP contribution in [0.25, 0.3) is 10.8 Å². The van der Waals surface area contributed by atoms with Gasteiger partial charge < -0.3 is 15.2 Å². The molecule has 0 spiro atoms. The maximum Gasteiger partial charge on any atom is 0.259 e. The number of nitrogens with zero attached hydrogens (tertiary/aromatic N) is 1. The normalized spacial score (nSPS) is 10.1. The van der Waals surface area contributed by atoms with Crippen LogP contribution in [0.3, 0.4) is 0 Å². The highest BCUT2D eigenvalue weighted by atomic mass is 16.5. The molecule has 25 heavy (non-hydrogen) atoms. The second kappa shape index (κ2) is 6.86. The number of anilines is 1. The van der Waals surface area contributed by atoms with E-state index in [0.29, 0.717) is 22.2 Å². The van der Waals surface area contributed by atoms with Crippen molar-refractivity contribution in [3.05, 3.63) is 60.2 Å².